The molecule has 0 bridgehead atoms. The first kappa shape index (κ1) is 9.32. The summed E-state index contributed by atoms with van der Waals surface area (Å²) >= 11 is 0. The summed E-state index contributed by atoms with van der Waals surface area (Å²) in [6.45, 7) is 0. The van der Waals surface area contributed by atoms with Crippen molar-refractivity contribution in [2.75, 3.05) is 11.6 Å². The van der Waals surface area contributed by atoms with E-state index in [2.05, 4.69) is 10.2 Å². The quantitative estimate of drug-likeness (QED) is 0.592. The van der Waals surface area contributed by atoms with E-state index in [1.807, 2.05) is 0 Å². The Morgan fingerprint density at radius 3 is 2.40 bits per heavy atom. The predicted molar refractivity (Wildman–Crippen MR) is 55.5 cm³/mol. The van der Waals surface area contributed by atoms with Gasteiger partial charge in [-0.2, -0.15) is 0 Å². The topological polar surface area (TPSA) is 103 Å². The number of hydrogen-bond acceptors (Lipinski definition) is 5. The van der Waals surface area contributed by atoms with Gasteiger partial charge in [-0.1, -0.05) is 12.1 Å². The number of aromatic hydroxyl groups is 1. The summed E-state index contributed by atoms with van der Waals surface area (Å²) in [5, 5.41) is 16.6. The summed E-state index contributed by atoms with van der Waals surface area (Å²) in [7, 11) is 0. The van der Waals surface area contributed by atoms with Crippen LogP contribution in [0.3, 0.4) is 0 Å². The van der Waals surface area contributed by atoms with E-state index < -0.39 is 0 Å². The third kappa shape index (κ3) is 1.83. The molecule has 1 aromatic heterocycles. The van der Waals surface area contributed by atoms with Crippen molar-refractivity contribution in [3.8, 4) is 5.75 Å². The van der Waals surface area contributed by atoms with E-state index >= 15 is 0 Å². The number of phenols is 1. The molecular formula is C9H11N5O. The zero-order chi connectivity index (χ0) is 10.8. The number of hydrogen-bond donors (Lipinski definition) is 3. The molecule has 0 aliphatic rings. The number of phenolic OH excluding ortho intramolecular Hbond substituents is 1. The lowest BCUT2D eigenvalue weighted by atomic mass is 10.1. The third-order valence-corrected chi connectivity index (χ3v) is 2.09. The lowest BCUT2D eigenvalue weighted by molar-refractivity contribution is 0.475. The van der Waals surface area contributed by atoms with Crippen molar-refractivity contribution in [2.24, 2.45) is 0 Å². The van der Waals surface area contributed by atoms with E-state index in [4.69, 9.17) is 16.7 Å². The van der Waals surface area contributed by atoms with Crippen LogP contribution >= 0.6 is 0 Å². The summed E-state index contributed by atoms with van der Waals surface area (Å²) in [6, 6.07) is 6.80. The van der Waals surface area contributed by atoms with E-state index in [1.165, 1.54) is 4.68 Å². The van der Waals surface area contributed by atoms with Crippen LogP contribution in [0.4, 0.5) is 5.95 Å². The Hall–Kier alpha value is -2.24. The maximum atomic E-state index is 9.10. The van der Waals surface area contributed by atoms with E-state index in [9.17, 15) is 0 Å². The zero-order valence-electron chi connectivity index (χ0n) is 7.96. The van der Waals surface area contributed by atoms with Crippen LogP contribution in [0.25, 0.3) is 0 Å². The van der Waals surface area contributed by atoms with E-state index in [1.54, 1.807) is 24.3 Å². The molecule has 0 aliphatic heterocycles. The van der Waals surface area contributed by atoms with Crippen molar-refractivity contribution in [3.05, 3.63) is 35.7 Å². The van der Waals surface area contributed by atoms with Gasteiger partial charge in [0.1, 0.15) is 5.75 Å². The van der Waals surface area contributed by atoms with Gasteiger partial charge >= 0.3 is 0 Å². The molecule has 0 radical (unpaired) electrons. The van der Waals surface area contributed by atoms with Gasteiger partial charge in [-0.15, -0.1) is 10.2 Å². The van der Waals surface area contributed by atoms with Crippen molar-refractivity contribution < 1.29 is 5.11 Å². The second-order valence-electron chi connectivity index (χ2n) is 3.19. The lowest BCUT2D eigenvalue weighted by Gasteiger charge is -2.01. The van der Waals surface area contributed by atoms with Crippen LogP contribution in [0.1, 0.15) is 11.4 Å². The van der Waals surface area contributed by atoms with Crippen LogP contribution < -0.4 is 11.6 Å². The summed E-state index contributed by atoms with van der Waals surface area (Å²) in [6.07, 6.45) is 0.529. The number of anilines is 1. The first-order chi connectivity index (χ1) is 7.16. The number of nitrogens with two attached hydrogens (primary N) is 2. The van der Waals surface area contributed by atoms with Crippen LogP contribution in [0, 0.1) is 0 Å². The van der Waals surface area contributed by atoms with Crippen LogP contribution in [0.2, 0.25) is 0 Å². The standard InChI is InChI=1S/C9H11N5O/c10-9-13-12-8(14(9)11)5-6-1-3-7(15)4-2-6/h1-4,15H,5,11H2,(H2,10,13). The highest BCUT2D eigenvalue weighted by Crippen LogP contribution is 2.12. The van der Waals surface area contributed by atoms with Gasteiger partial charge in [-0.05, 0) is 17.7 Å². The highest BCUT2D eigenvalue weighted by molar-refractivity contribution is 5.29. The molecule has 78 valence electrons. The molecule has 0 spiro atoms. The molecule has 6 heteroatoms. The fourth-order valence-corrected chi connectivity index (χ4v) is 1.25. The zero-order valence-corrected chi connectivity index (χ0v) is 7.96. The lowest BCUT2D eigenvalue weighted by Crippen LogP contribution is -2.15. The molecule has 5 N–H and O–H groups in total. The molecule has 0 amide bonds. The third-order valence-electron chi connectivity index (χ3n) is 2.09. The highest BCUT2D eigenvalue weighted by Gasteiger charge is 2.06. The van der Waals surface area contributed by atoms with Crippen molar-refractivity contribution in [1.82, 2.24) is 14.9 Å². The Morgan fingerprint density at radius 2 is 1.87 bits per heavy atom. The van der Waals surface area contributed by atoms with Crippen LogP contribution in [0.15, 0.2) is 24.3 Å². The maximum absolute atomic E-state index is 9.10. The minimum Gasteiger partial charge on any atom is -0.508 e. The van der Waals surface area contributed by atoms with Crippen molar-refractivity contribution >= 4 is 5.95 Å². The number of nitrogen functional groups attached to an aromatic ring is 2. The summed E-state index contributed by atoms with van der Waals surface area (Å²) < 4.78 is 1.24. The first-order valence-corrected chi connectivity index (χ1v) is 4.39. The van der Waals surface area contributed by atoms with Crippen molar-refractivity contribution in [1.29, 1.82) is 0 Å². The number of nitrogens with zero attached hydrogens (tertiary/aromatic N) is 3. The summed E-state index contributed by atoms with van der Waals surface area (Å²) in [4.78, 5) is 0. The Balaban J connectivity index is 2.22. The van der Waals surface area contributed by atoms with Gasteiger partial charge in [0, 0.05) is 6.42 Å². The molecule has 0 unspecified atom stereocenters. The largest absolute Gasteiger partial charge is 0.508 e. The van der Waals surface area contributed by atoms with Crippen molar-refractivity contribution in [3.63, 3.8) is 0 Å². The molecule has 1 heterocycles. The number of benzene rings is 1. The molecule has 2 rings (SSSR count). The van der Waals surface area contributed by atoms with Crippen molar-refractivity contribution in [2.45, 2.75) is 6.42 Å². The van der Waals surface area contributed by atoms with Gasteiger partial charge in [-0.3, -0.25) is 0 Å². The maximum Gasteiger partial charge on any atom is 0.240 e. The molecule has 1 aromatic carbocycles. The van der Waals surface area contributed by atoms with Crippen LogP contribution in [0.5, 0.6) is 5.75 Å². The highest BCUT2D eigenvalue weighted by atomic mass is 16.3. The Morgan fingerprint density at radius 1 is 1.20 bits per heavy atom. The van der Waals surface area contributed by atoms with E-state index in [0.717, 1.165) is 5.56 Å². The Kier molecular flexibility index (Phi) is 2.17. The second kappa shape index (κ2) is 3.49. The van der Waals surface area contributed by atoms with E-state index in [-0.39, 0.29) is 11.7 Å². The van der Waals surface area contributed by atoms with Gasteiger partial charge in [0.25, 0.3) is 0 Å². The predicted octanol–water partition coefficient (Wildman–Crippen LogP) is -0.130. The smallest absolute Gasteiger partial charge is 0.240 e. The average molecular weight is 205 g/mol. The number of aromatic nitrogens is 3. The second-order valence-corrected chi connectivity index (χ2v) is 3.19. The summed E-state index contributed by atoms with van der Waals surface area (Å²) in [5.74, 6) is 6.59. The van der Waals surface area contributed by atoms with Gasteiger partial charge in [0.15, 0.2) is 5.82 Å². The number of rotatable bonds is 2. The van der Waals surface area contributed by atoms with Gasteiger partial charge in [-0.25, -0.2) is 4.68 Å². The molecule has 2 aromatic rings. The fraction of sp³-hybridized carbons (Fsp3) is 0.111. The minimum atomic E-state index is 0.184. The molecule has 0 aliphatic carbocycles. The Labute approximate surface area is 86.1 Å². The fourth-order valence-electron chi connectivity index (χ4n) is 1.25. The molecule has 15 heavy (non-hydrogen) atoms. The molecule has 0 fully saturated rings. The van der Waals surface area contributed by atoms with Gasteiger partial charge in [0.05, 0.1) is 0 Å². The van der Waals surface area contributed by atoms with Gasteiger partial charge in [0.2, 0.25) is 5.95 Å². The normalized spacial score (nSPS) is 10.4. The monoisotopic (exact) mass is 205 g/mol. The minimum absolute atomic E-state index is 0.184. The molecule has 0 saturated carbocycles. The SMILES string of the molecule is Nc1nnc(Cc2ccc(O)cc2)n1N. The Bertz CT molecular complexity index is 462. The molecular weight excluding hydrogens is 194 g/mol. The van der Waals surface area contributed by atoms with Gasteiger partial charge < -0.3 is 16.7 Å². The molecule has 6 nitrogen and oxygen atoms in total. The van der Waals surface area contributed by atoms with E-state index in [0.29, 0.717) is 12.2 Å². The van der Waals surface area contributed by atoms with Crippen LogP contribution in [-0.2, 0) is 6.42 Å². The first-order valence-electron chi connectivity index (χ1n) is 4.39. The average Bonchev–Trinajstić information content (AvgIpc) is 2.53. The summed E-state index contributed by atoms with van der Waals surface area (Å²) in [5.41, 5.74) is 6.42. The molecule has 0 atom stereocenters. The van der Waals surface area contributed by atoms with Crippen LogP contribution in [-0.4, -0.2) is 20.0 Å². The molecule has 0 saturated heterocycles.